The normalized spacial score (nSPS) is 11.7. The molecule has 0 heterocycles. The van der Waals surface area contributed by atoms with Crippen molar-refractivity contribution in [2.24, 2.45) is 0 Å². The molecule has 0 saturated heterocycles. The number of nitrogens with zero attached hydrogens (tertiary/aromatic N) is 1. The first kappa shape index (κ1) is 16.1. The molecular weight excluding hydrogens is 308 g/mol. The first-order valence-corrected chi connectivity index (χ1v) is 6.93. The third kappa shape index (κ3) is 6.18. The molecule has 0 atom stereocenters. The van der Waals surface area contributed by atoms with E-state index in [9.17, 15) is 9.90 Å². The lowest BCUT2D eigenvalue weighted by Gasteiger charge is -2.24. The fraction of sp³-hybridized carbons (Fsp3) is 0.500. The van der Waals surface area contributed by atoms with Gasteiger partial charge in [-0.15, -0.1) is 0 Å². The highest BCUT2D eigenvalue weighted by molar-refractivity contribution is 9.10. The van der Waals surface area contributed by atoms with Gasteiger partial charge in [0.2, 0.25) is 5.91 Å². The van der Waals surface area contributed by atoms with Crippen LogP contribution < -0.4 is 5.32 Å². The van der Waals surface area contributed by atoms with Crippen LogP contribution in [0.15, 0.2) is 22.7 Å². The van der Waals surface area contributed by atoms with Crippen molar-refractivity contribution in [2.45, 2.75) is 26.4 Å². The molecule has 106 valence electrons. The molecule has 0 spiro atoms. The topological polar surface area (TPSA) is 52.6 Å². The number of aryl methyl sites for hydroxylation is 1. The van der Waals surface area contributed by atoms with E-state index in [1.54, 1.807) is 18.7 Å². The summed E-state index contributed by atoms with van der Waals surface area (Å²) in [5, 5.41) is 12.5. The number of carbonyl (C=O) groups excluding carboxylic acids is 1. The first-order chi connectivity index (χ1) is 8.67. The number of hydrogen-bond donors (Lipinski definition) is 2. The van der Waals surface area contributed by atoms with E-state index in [4.69, 9.17) is 0 Å². The Hall–Kier alpha value is -0.910. The van der Waals surface area contributed by atoms with Crippen LogP contribution in [0.4, 0.5) is 5.69 Å². The van der Waals surface area contributed by atoms with Crippen molar-refractivity contribution < 1.29 is 9.90 Å². The lowest BCUT2D eigenvalue weighted by atomic mass is 10.1. The van der Waals surface area contributed by atoms with E-state index in [1.807, 2.05) is 32.2 Å². The number of nitrogens with one attached hydrogen (secondary N) is 1. The van der Waals surface area contributed by atoms with E-state index in [-0.39, 0.29) is 12.5 Å². The van der Waals surface area contributed by atoms with Crippen molar-refractivity contribution >= 4 is 27.5 Å². The van der Waals surface area contributed by atoms with Gasteiger partial charge in [-0.2, -0.15) is 0 Å². The molecule has 0 aliphatic carbocycles. The Labute approximate surface area is 122 Å². The Balaban J connectivity index is 2.56. The summed E-state index contributed by atoms with van der Waals surface area (Å²) < 4.78 is 0.867. The molecule has 5 heteroatoms. The van der Waals surface area contributed by atoms with Gasteiger partial charge in [0.15, 0.2) is 0 Å². The first-order valence-electron chi connectivity index (χ1n) is 6.14. The van der Waals surface area contributed by atoms with Crippen LogP contribution in [-0.4, -0.2) is 41.7 Å². The number of aliphatic hydroxyl groups is 1. The van der Waals surface area contributed by atoms with Crippen molar-refractivity contribution in [2.75, 3.05) is 25.5 Å². The second kappa shape index (κ2) is 6.50. The van der Waals surface area contributed by atoms with Crippen LogP contribution in [0, 0.1) is 6.92 Å². The molecule has 4 nitrogen and oxygen atoms in total. The van der Waals surface area contributed by atoms with Crippen LogP contribution >= 0.6 is 15.9 Å². The summed E-state index contributed by atoms with van der Waals surface area (Å²) in [5.41, 5.74) is 1.08. The molecule has 2 N–H and O–H groups in total. The van der Waals surface area contributed by atoms with E-state index in [1.165, 1.54) is 0 Å². The molecule has 0 aliphatic rings. The highest BCUT2D eigenvalue weighted by Gasteiger charge is 2.17. The second-order valence-electron chi connectivity index (χ2n) is 5.52. The summed E-state index contributed by atoms with van der Waals surface area (Å²) in [6, 6.07) is 5.77. The van der Waals surface area contributed by atoms with E-state index < -0.39 is 5.60 Å². The van der Waals surface area contributed by atoms with Gasteiger partial charge in [0.05, 0.1) is 17.8 Å². The minimum Gasteiger partial charge on any atom is -0.389 e. The van der Waals surface area contributed by atoms with Gasteiger partial charge in [0.25, 0.3) is 0 Å². The molecule has 19 heavy (non-hydrogen) atoms. The summed E-state index contributed by atoms with van der Waals surface area (Å²) in [7, 11) is 1.81. The maximum Gasteiger partial charge on any atom is 0.238 e. The van der Waals surface area contributed by atoms with E-state index >= 15 is 0 Å². The average molecular weight is 329 g/mol. The van der Waals surface area contributed by atoms with Crippen LogP contribution in [-0.2, 0) is 4.79 Å². The molecule has 0 saturated carbocycles. The van der Waals surface area contributed by atoms with E-state index in [0.717, 1.165) is 15.7 Å². The van der Waals surface area contributed by atoms with Gasteiger partial charge >= 0.3 is 0 Å². The van der Waals surface area contributed by atoms with Gasteiger partial charge in [-0.25, -0.2) is 0 Å². The highest BCUT2D eigenvalue weighted by Crippen LogP contribution is 2.23. The third-order valence-corrected chi connectivity index (χ3v) is 3.13. The molecular formula is C14H21BrN2O2. The number of likely N-dealkylation sites (N-methyl/N-ethyl adjacent to an activating group) is 1. The van der Waals surface area contributed by atoms with Gasteiger partial charge in [-0.3, -0.25) is 9.69 Å². The van der Waals surface area contributed by atoms with Gasteiger partial charge in [0.1, 0.15) is 0 Å². The molecule has 0 aromatic heterocycles. The maximum atomic E-state index is 11.9. The fourth-order valence-electron chi connectivity index (χ4n) is 1.87. The quantitative estimate of drug-likeness (QED) is 0.872. The summed E-state index contributed by atoms with van der Waals surface area (Å²) in [4.78, 5) is 13.7. The number of anilines is 1. The Morgan fingerprint density at radius 1 is 1.47 bits per heavy atom. The van der Waals surface area contributed by atoms with Gasteiger partial charge in [-0.1, -0.05) is 6.07 Å². The number of carbonyl (C=O) groups is 1. The van der Waals surface area contributed by atoms with Gasteiger partial charge in [0, 0.05) is 11.0 Å². The van der Waals surface area contributed by atoms with Crippen LogP contribution in [0.3, 0.4) is 0 Å². The second-order valence-corrected chi connectivity index (χ2v) is 6.37. The molecule has 1 amide bonds. The molecule has 1 aromatic rings. The number of amides is 1. The lowest BCUT2D eigenvalue weighted by molar-refractivity contribution is -0.117. The van der Waals surface area contributed by atoms with E-state index in [2.05, 4.69) is 21.2 Å². The zero-order valence-corrected chi connectivity index (χ0v) is 13.4. The molecule has 0 aliphatic heterocycles. The highest BCUT2D eigenvalue weighted by atomic mass is 79.9. The molecule has 0 fully saturated rings. The van der Waals surface area contributed by atoms with Gasteiger partial charge in [-0.05, 0) is 61.4 Å². The molecule has 0 radical (unpaired) electrons. The Morgan fingerprint density at radius 3 is 2.63 bits per heavy atom. The van der Waals surface area contributed by atoms with Crippen LogP contribution in [0.1, 0.15) is 19.4 Å². The Bertz CT molecular complexity index is 455. The largest absolute Gasteiger partial charge is 0.389 e. The number of rotatable bonds is 5. The number of halogens is 1. The van der Waals surface area contributed by atoms with Crippen LogP contribution in [0.25, 0.3) is 0 Å². The minimum absolute atomic E-state index is 0.101. The van der Waals surface area contributed by atoms with Gasteiger partial charge < -0.3 is 10.4 Å². The predicted octanol–water partition coefficient (Wildman–Crippen LogP) is 2.40. The van der Waals surface area contributed by atoms with Crippen LogP contribution in [0.2, 0.25) is 0 Å². The average Bonchev–Trinajstić information content (AvgIpc) is 2.19. The third-order valence-electron chi connectivity index (χ3n) is 2.47. The van der Waals surface area contributed by atoms with Crippen molar-refractivity contribution in [1.82, 2.24) is 4.90 Å². The SMILES string of the molecule is Cc1ccc(NC(=O)CN(C)CC(C)(C)O)c(Br)c1. The fourth-order valence-corrected chi connectivity index (χ4v) is 2.47. The molecule has 0 bridgehead atoms. The Morgan fingerprint density at radius 2 is 2.11 bits per heavy atom. The maximum absolute atomic E-state index is 11.9. The zero-order valence-electron chi connectivity index (χ0n) is 11.8. The summed E-state index contributed by atoms with van der Waals surface area (Å²) in [6.07, 6.45) is 0. The van der Waals surface area contributed by atoms with E-state index in [0.29, 0.717) is 6.54 Å². The number of hydrogen-bond acceptors (Lipinski definition) is 3. The summed E-state index contributed by atoms with van der Waals surface area (Å²) >= 11 is 3.42. The minimum atomic E-state index is -0.806. The standard InChI is InChI=1S/C14H21BrN2O2/c1-10-5-6-12(11(15)7-10)16-13(18)8-17(4)9-14(2,3)19/h5-7,19H,8-9H2,1-4H3,(H,16,18). The summed E-state index contributed by atoms with van der Waals surface area (Å²) in [6.45, 7) is 6.11. The summed E-state index contributed by atoms with van der Waals surface area (Å²) in [5.74, 6) is -0.101. The van der Waals surface area contributed by atoms with Crippen molar-refractivity contribution in [1.29, 1.82) is 0 Å². The van der Waals surface area contributed by atoms with Crippen LogP contribution in [0.5, 0.6) is 0 Å². The molecule has 1 aromatic carbocycles. The molecule has 0 unspecified atom stereocenters. The smallest absolute Gasteiger partial charge is 0.238 e. The molecule has 1 rings (SSSR count). The van der Waals surface area contributed by atoms with Crippen molar-refractivity contribution in [3.8, 4) is 0 Å². The van der Waals surface area contributed by atoms with Crippen molar-refractivity contribution in [3.05, 3.63) is 28.2 Å². The Kier molecular flexibility index (Phi) is 5.52. The number of benzene rings is 1. The van der Waals surface area contributed by atoms with Crippen molar-refractivity contribution in [3.63, 3.8) is 0 Å². The monoisotopic (exact) mass is 328 g/mol. The predicted molar refractivity (Wildman–Crippen MR) is 81.3 cm³/mol. The zero-order chi connectivity index (χ0) is 14.6. The lowest BCUT2D eigenvalue weighted by Crippen LogP contribution is -2.40.